The van der Waals surface area contributed by atoms with E-state index in [4.69, 9.17) is 0 Å². The van der Waals surface area contributed by atoms with Crippen LogP contribution in [0.25, 0.3) is 11.3 Å². The molecule has 1 saturated heterocycles. The third-order valence-electron chi connectivity index (χ3n) is 2.95. The van der Waals surface area contributed by atoms with E-state index in [2.05, 4.69) is 19.7 Å². The summed E-state index contributed by atoms with van der Waals surface area (Å²) in [6.45, 7) is 0.454. The lowest BCUT2D eigenvalue weighted by atomic mass is 10.2. The Morgan fingerprint density at radius 1 is 1.26 bits per heavy atom. The molecule has 3 heterocycles. The summed E-state index contributed by atoms with van der Waals surface area (Å²) in [5, 5.41) is -0.614. The number of hydrogen-bond donors (Lipinski definition) is 1. The standard InChI is InChI=1S/C11H12N5O2S/c17-19(18)11(1-2-15-19)16-7-9(5-13-8-16)10-6-12-3-4-14-10/h3-8,11,15H,1-2H2/q+1. The Bertz CT molecular complexity index is 689. The van der Waals surface area contributed by atoms with Crippen LogP contribution in [0.3, 0.4) is 0 Å². The SMILES string of the molecule is O=S1(=O)NCCC1[n+]1cncc(-c2cnccn2)c1. The molecule has 1 atom stereocenters. The van der Waals surface area contributed by atoms with Gasteiger partial charge in [0.05, 0.1) is 17.5 Å². The second kappa shape index (κ2) is 4.63. The highest BCUT2D eigenvalue weighted by molar-refractivity contribution is 7.89. The second-order valence-corrected chi connectivity index (χ2v) is 6.12. The van der Waals surface area contributed by atoms with Gasteiger partial charge in [0.1, 0.15) is 6.20 Å². The number of aromatic nitrogens is 4. The molecule has 0 aromatic carbocycles. The molecule has 98 valence electrons. The molecule has 1 unspecified atom stereocenters. The number of nitrogens with one attached hydrogen (secondary N) is 1. The lowest BCUT2D eigenvalue weighted by Crippen LogP contribution is -2.43. The molecule has 1 fully saturated rings. The molecule has 0 spiro atoms. The van der Waals surface area contributed by atoms with Crippen molar-refractivity contribution in [2.75, 3.05) is 6.54 Å². The van der Waals surface area contributed by atoms with E-state index in [1.54, 1.807) is 35.6 Å². The summed E-state index contributed by atoms with van der Waals surface area (Å²) in [6, 6.07) is 0. The van der Waals surface area contributed by atoms with Gasteiger partial charge < -0.3 is 0 Å². The Kier molecular flexibility index (Phi) is 2.96. The Morgan fingerprint density at radius 2 is 2.16 bits per heavy atom. The minimum Gasteiger partial charge on any atom is -0.261 e. The molecular weight excluding hydrogens is 266 g/mol. The maximum Gasteiger partial charge on any atom is 0.287 e. The van der Waals surface area contributed by atoms with Gasteiger partial charge in [0, 0.05) is 25.4 Å². The summed E-state index contributed by atoms with van der Waals surface area (Å²) in [6.07, 6.45) is 10.2. The highest BCUT2D eigenvalue weighted by atomic mass is 32.2. The molecule has 0 bridgehead atoms. The summed E-state index contributed by atoms with van der Waals surface area (Å²) in [5.74, 6) is 0. The van der Waals surface area contributed by atoms with Gasteiger partial charge in [0.2, 0.25) is 5.37 Å². The summed E-state index contributed by atoms with van der Waals surface area (Å²) in [7, 11) is -3.30. The van der Waals surface area contributed by atoms with E-state index in [9.17, 15) is 8.42 Å². The van der Waals surface area contributed by atoms with Crippen molar-refractivity contribution in [3.63, 3.8) is 0 Å². The molecule has 1 aliphatic heterocycles. The lowest BCUT2D eigenvalue weighted by Gasteiger charge is -2.07. The van der Waals surface area contributed by atoms with E-state index in [0.717, 1.165) is 5.56 Å². The highest BCUT2D eigenvalue weighted by Gasteiger charge is 2.36. The van der Waals surface area contributed by atoms with E-state index < -0.39 is 15.4 Å². The smallest absolute Gasteiger partial charge is 0.261 e. The molecule has 2 aromatic rings. The van der Waals surface area contributed by atoms with Gasteiger partial charge in [-0.05, 0) is 0 Å². The zero-order valence-electron chi connectivity index (χ0n) is 9.97. The fraction of sp³-hybridized carbons (Fsp3) is 0.273. The quantitative estimate of drug-likeness (QED) is 0.758. The molecule has 0 aliphatic carbocycles. The van der Waals surface area contributed by atoms with Crippen LogP contribution in [-0.4, -0.2) is 29.9 Å². The predicted octanol–water partition coefficient (Wildman–Crippen LogP) is -0.352. The van der Waals surface area contributed by atoms with Crippen molar-refractivity contribution in [1.29, 1.82) is 0 Å². The van der Waals surface area contributed by atoms with E-state index in [1.807, 2.05) is 0 Å². The Morgan fingerprint density at radius 3 is 2.84 bits per heavy atom. The highest BCUT2D eigenvalue weighted by Crippen LogP contribution is 2.18. The molecule has 2 aromatic heterocycles. The van der Waals surface area contributed by atoms with Gasteiger partial charge in [-0.3, -0.25) is 9.97 Å². The van der Waals surface area contributed by atoms with E-state index in [0.29, 0.717) is 18.7 Å². The average Bonchev–Trinajstić information content (AvgIpc) is 2.79. The molecule has 19 heavy (non-hydrogen) atoms. The van der Waals surface area contributed by atoms with Gasteiger partial charge in [0.15, 0.2) is 6.20 Å². The van der Waals surface area contributed by atoms with Gasteiger partial charge in [-0.1, -0.05) is 4.98 Å². The topological polar surface area (TPSA) is 88.7 Å². The number of sulfonamides is 1. The molecule has 1 N–H and O–H groups in total. The number of rotatable bonds is 2. The zero-order valence-corrected chi connectivity index (χ0v) is 10.8. The Labute approximate surface area is 110 Å². The summed E-state index contributed by atoms with van der Waals surface area (Å²) in [5.41, 5.74) is 1.39. The van der Waals surface area contributed by atoms with Crippen molar-refractivity contribution in [2.24, 2.45) is 0 Å². The minimum absolute atomic E-state index is 0.454. The van der Waals surface area contributed by atoms with Crippen LogP contribution in [0.2, 0.25) is 0 Å². The first-order valence-electron chi connectivity index (χ1n) is 5.77. The van der Waals surface area contributed by atoms with Crippen molar-refractivity contribution in [3.05, 3.63) is 37.3 Å². The first-order chi connectivity index (χ1) is 9.17. The molecular formula is C11H12N5O2S+. The second-order valence-electron chi connectivity index (χ2n) is 4.20. The Balaban J connectivity index is 2.02. The largest absolute Gasteiger partial charge is 0.287 e. The Hall–Kier alpha value is -1.93. The van der Waals surface area contributed by atoms with Crippen molar-refractivity contribution in [2.45, 2.75) is 11.8 Å². The predicted molar refractivity (Wildman–Crippen MR) is 66.0 cm³/mol. The lowest BCUT2D eigenvalue weighted by molar-refractivity contribution is -0.703. The summed E-state index contributed by atoms with van der Waals surface area (Å²) >= 11 is 0. The number of hydrogen-bond acceptors (Lipinski definition) is 5. The average molecular weight is 278 g/mol. The first kappa shape index (κ1) is 12.1. The van der Waals surface area contributed by atoms with Crippen LogP contribution >= 0.6 is 0 Å². The van der Waals surface area contributed by atoms with Crippen LogP contribution in [0.1, 0.15) is 11.8 Å². The van der Waals surface area contributed by atoms with Crippen molar-refractivity contribution >= 4 is 10.0 Å². The molecule has 3 rings (SSSR count). The molecule has 8 heteroatoms. The fourth-order valence-electron chi connectivity index (χ4n) is 2.04. The third-order valence-corrected chi connectivity index (χ3v) is 4.75. The zero-order chi connectivity index (χ0) is 13.3. The van der Waals surface area contributed by atoms with Gasteiger partial charge >= 0.3 is 0 Å². The van der Waals surface area contributed by atoms with E-state index >= 15 is 0 Å². The maximum absolute atomic E-state index is 11.8. The van der Waals surface area contributed by atoms with Gasteiger partial charge in [0.25, 0.3) is 16.4 Å². The number of nitrogens with zero attached hydrogens (tertiary/aromatic N) is 4. The molecule has 7 nitrogen and oxygen atoms in total. The van der Waals surface area contributed by atoms with Gasteiger partial charge in [-0.15, -0.1) is 0 Å². The van der Waals surface area contributed by atoms with Gasteiger partial charge in [-0.2, -0.15) is 0 Å². The van der Waals surface area contributed by atoms with Crippen LogP contribution in [0.5, 0.6) is 0 Å². The normalized spacial score (nSPS) is 21.4. The van der Waals surface area contributed by atoms with Crippen LogP contribution in [0, 0.1) is 0 Å². The maximum atomic E-state index is 11.8. The third kappa shape index (κ3) is 2.32. The molecule has 0 radical (unpaired) electrons. The monoisotopic (exact) mass is 278 g/mol. The summed E-state index contributed by atoms with van der Waals surface area (Å²) < 4.78 is 27.7. The van der Waals surface area contributed by atoms with E-state index in [-0.39, 0.29) is 0 Å². The van der Waals surface area contributed by atoms with Crippen LogP contribution < -0.4 is 9.29 Å². The fourth-order valence-corrected chi connectivity index (χ4v) is 3.50. The minimum atomic E-state index is -3.30. The molecule has 0 amide bonds. The van der Waals surface area contributed by atoms with E-state index in [1.165, 1.54) is 6.33 Å². The van der Waals surface area contributed by atoms with Crippen molar-refractivity contribution in [3.8, 4) is 11.3 Å². The van der Waals surface area contributed by atoms with Crippen molar-refractivity contribution in [1.82, 2.24) is 19.7 Å². The summed E-state index contributed by atoms with van der Waals surface area (Å²) in [4.78, 5) is 12.2. The molecule has 0 saturated carbocycles. The van der Waals surface area contributed by atoms with Crippen molar-refractivity contribution < 1.29 is 13.0 Å². The van der Waals surface area contributed by atoms with Crippen LogP contribution in [0.15, 0.2) is 37.3 Å². The van der Waals surface area contributed by atoms with Crippen LogP contribution in [-0.2, 0) is 10.0 Å². The van der Waals surface area contributed by atoms with Gasteiger partial charge in [-0.25, -0.2) is 17.7 Å². The van der Waals surface area contributed by atoms with Crippen LogP contribution in [0.4, 0.5) is 0 Å². The molecule has 1 aliphatic rings. The first-order valence-corrected chi connectivity index (χ1v) is 7.32.